The first-order chi connectivity index (χ1) is 13.8. The van der Waals surface area contributed by atoms with E-state index in [-0.39, 0.29) is 17.5 Å². The molecule has 4 rings (SSSR count). The number of amides is 1. The summed E-state index contributed by atoms with van der Waals surface area (Å²) in [5.41, 5.74) is 1.12. The Morgan fingerprint density at radius 2 is 2.07 bits per heavy atom. The molecule has 3 aliphatic rings. The van der Waals surface area contributed by atoms with Crippen LogP contribution in [-0.4, -0.2) is 91.8 Å². The highest BCUT2D eigenvalue weighted by Crippen LogP contribution is 2.37. The number of carbonyl (C=O) groups excluding carboxylic acids is 1. The maximum Gasteiger partial charge on any atom is 0.254 e. The Morgan fingerprint density at radius 3 is 2.79 bits per heavy atom. The molecule has 1 amide bonds. The second kappa shape index (κ2) is 7.89. The van der Waals surface area contributed by atoms with Gasteiger partial charge in [0.15, 0.2) is 0 Å². The van der Waals surface area contributed by atoms with Gasteiger partial charge in [-0.1, -0.05) is 26.8 Å². The van der Waals surface area contributed by atoms with Crippen molar-refractivity contribution in [1.82, 2.24) is 14.7 Å². The van der Waals surface area contributed by atoms with Gasteiger partial charge in [0.2, 0.25) is 0 Å². The van der Waals surface area contributed by atoms with Crippen LogP contribution in [0.4, 0.5) is 0 Å². The summed E-state index contributed by atoms with van der Waals surface area (Å²) >= 11 is 0. The van der Waals surface area contributed by atoms with Crippen molar-refractivity contribution < 1.29 is 14.3 Å². The van der Waals surface area contributed by atoms with Crippen molar-refractivity contribution in [2.24, 2.45) is 5.41 Å². The molecule has 0 aliphatic carbocycles. The molecule has 1 aromatic rings. The minimum absolute atomic E-state index is 0.0686. The quantitative estimate of drug-likeness (QED) is 0.775. The fourth-order valence-electron chi connectivity index (χ4n) is 5.01. The molecule has 3 aliphatic heterocycles. The normalized spacial score (nSPS) is 24.8. The van der Waals surface area contributed by atoms with E-state index in [2.05, 4.69) is 30.6 Å². The molecule has 6 heteroatoms. The second-order valence-corrected chi connectivity index (χ2v) is 10.1. The second-order valence-electron chi connectivity index (χ2n) is 10.1. The highest BCUT2D eigenvalue weighted by Gasteiger charge is 2.54. The van der Waals surface area contributed by atoms with Crippen LogP contribution in [0.3, 0.4) is 0 Å². The number of morpholine rings is 1. The Bertz CT molecular complexity index is 739. The summed E-state index contributed by atoms with van der Waals surface area (Å²) in [5, 5.41) is 0. The lowest BCUT2D eigenvalue weighted by Crippen LogP contribution is -2.81. The van der Waals surface area contributed by atoms with Crippen LogP contribution >= 0.6 is 0 Å². The summed E-state index contributed by atoms with van der Waals surface area (Å²) in [6.07, 6.45) is 1.20. The van der Waals surface area contributed by atoms with Gasteiger partial charge >= 0.3 is 0 Å². The summed E-state index contributed by atoms with van der Waals surface area (Å²) in [5.74, 6) is 0.823. The smallest absolute Gasteiger partial charge is 0.254 e. The maximum absolute atomic E-state index is 13.3. The van der Waals surface area contributed by atoms with Crippen molar-refractivity contribution in [3.05, 3.63) is 29.8 Å². The number of benzene rings is 1. The van der Waals surface area contributed by atoms with Gasteiger partial charge in [0, 0.05) is 38.3 Å². The number of nitrogens with zero attached hydrogens (tertiary/aromatic N) is 3. The van der Waals surface area contributed by atoms with Crippen LogP contribution in [0.25, 0.3) is 0 Å². The first-order valence-electron chi connectivity index (χ1n) is 10.8. The van der Waals surface area contributed by atoms with E-state index < -0.39 is 0 Å². The van der Waals surface area contributed by atoms with Crippen LogP contribution < -0.4 is 4.74 Å². The summed E-state index contributed by atoms with van der Waals surface area (Å²) in [4.78, 5) is 20.5. The topological polar surface area (TPSA) is 45.2 Å². The van der Waals surface area contributed by atoms with Crippen molar-refractivity contribution in [2.45, 2.75) is 38.8 Å². The first-order valence-corrected chi connectivity index (χ1v) is 10.8. The fourth-order valence-corrected chi connectivity index (χ4v) is 5.01. The molecule has 0 bridgehead atoms. The SMILES string of the molecule is COc1cccc(C(=O)N2CC3COCCN3C3(CN(CCC(C)(C)C)C3)C2)c1. The van der Waals surface area contributed by atoms with Crippen LogP contribution in [0.15, 0.2) is 24.3 Å². The number of hydrogen-bond acceptors (Lipinski definition) is 5. The molecule has 3 fully saturated rings. The van der Waals surface area contributed by atoms with Crippen molar-refractivity contribution in [3.63, 3.8) is 0 Å². The van der Waals surface area contributed by atoms with E-state index >= 15 is 0 Å². The monoisotopic (exact) mass is 401 g/mol. The molecule has 1 spiro atoms. The molecule has 6 nitrogen and oxygen atoms in total. The molecule has 1 atom stereocenters. The lowest BCUT2D eigenvalue weighted by Gasteiger charge is -2.63. The molecule has 0 N–H and O–H groups in total. The predicted molar refractivity (Wildman–Crippen MR) is 113 cm³/mol. The van der Waals surface area contributed by atoms with E-state index in [1.54, 1.807) is 7.11 Å². The summed E-state index contributed by atoms with van der Waals surface area (Å²) in [7, 11) is 1.64. The van der Waals surface area contributed by atoms with Gasteiger partial charge in [0.05, 0.1) is 31.9 Å². The Balaban J connectivity index is 1.49. The zero-order chi connectivity index (χ0) is 20.6. The van der Waals surface area contributed by atoms with Crippen LogP contribution in [-0.2, 0) is 4.74 Å². The Hall–Kier alpha value is -1.63. The summed E-state index contributed by atoms with van der Waals surface area (Å²) in [6.45, 7) is 14.1. The zero-order valence-electron chi connectivity index (χ0n) is 18.3. The number of rotatable bonds is 4. The fraction of sp³-hybridized carbons (Fsp3) is 0.696. The van der Waals surface area contributed by atoms with Gasteiger partial charge in [-0.3, -0.25) is 14.6 Å². The van der Waals surface area contributed by atoms with Crippen molar-refractivity contribution in [3.8, 4) is 5.75 Å². The molecule has 1 unspecified atom stereocenters. The highest BCUT2D eigenvalue weighted by atomic mass is 16.5. The Labute approximate surface area is 174 Å². The van der Waals surface area contributed by atoms with Crippen LogP contribution in [0, 0.1) is 5.41 Å². The van der Waals surface area contributed by atoms with E-state index in [0.29, 0.717) is 17.6 Å². The first kappa shape index (κ1) is 20.6. The number of fused-ring (bicyclic) bond motifs is 2. The van der Waals surface area contributed by atoms with Crippen molar-refractivity contribution in [2.75, 3.05) is 59.6 Å². The van der Waals surface area contributed by atoms with Crippen molar-refractivity contribution >= 4 is 5.91 Å². The van der Waals surface area contributed by atoms with E-state index in [1.807, 2.05) is 29.2 Å². The third kappa shape index (κ3) is 4.30. The summed E-state index contributed by atoms with van der Waals surface area (Å²) < 4.78 is 11.1. The lowest BCUT2D eigenvalue weighted by atomic mass is 9.81. The Morgan fingerprint density at radius 1 is 1.28 bits per heavy atom. The van der Waals surface area contributed by atoms with E-state index in [4.69, 9.17) is 9.47 Å². The highest BCUT2D eigenvalue weighted by molar-refractivity contribution is 5.94. The minimum atomic E-state index is 0.0686. The third-order valence-electron chi connectivity index (χ3n) is 6.57. The molecule has 3 heterocycles. The van der Waals surface area contributed by atoms with Crippen LogP contribution in [0.5, 0.6) is 5.75 Å². The number of methoxy groups -OCH3 is 1. The number of piperazine rings is 1. The number of ether oxygens (including phenoxy) is 2. The number of likely N-dealkylation sites (tertiary alicyclic amines) is 1. The van der Waals surface area contributed by atoms with Gasteiger partial charge in [0.1, 0.15) is 5.75 Å². The summed E-state index contributed by atoms with van der Waals surface area (Å²) in [6, 6.07) is 7.79. The molecule has 160 valence electrons. The average molecular weight is 402 g/mol. The van der Waals surface area contributed by atoms with Crippen LogP contribution in [0.1, 0.15) is 37.6 Å². The average Bonchev–Trinajstić information content (AvgIpc) is 2.69. The molecular formula is C23H35N3O3. The molecule has 3 saturated heterocycles. The van der Waals surface area contributed by atoms with Crippen molar-refractivity contribution in [1.29, 1.82) is 0 Å². The van der Waals surface area contributed by atoms with Crippen LogP contribution in [0.2, 0.25) is 0 Å². The predicted octanol–water partition coefficient (Wildman–Crippen LogP) is 2.34. The molecule has 0 aromatic heterocycles. The van der Waals surface area contributed by atoms with E-state index in [0.717, 1.165) is 51.6 Å². The molecule has 0 saturated carbocycles. The lowest BCUT2D eigenvalue weighted by molar-refractivity contribution is -0.159. The Kier molecular flexibility index (Phi) is 5.62. The third-order valence-corrected chi connectivity index (χ3v) is 6.57. The van der Waals surface area contributed by atoms with Gasteiger partial charge in [0.25, 0.3) is 5.91 Å². The largest absolute Gasteiger partial charge is 0.497 e. The van der Waals surface area contributed by atoms with Gasteiger partial charge in [-0.25, -0.2) is 0 Å². The van der Waals surface area contributed by atoms with E-state index in [9.17, 15) is 4.79 Å². The zero-order valence-corrected chi connectivity index (χ0v) is 18.3. The molecule has 29 heavy (non-hydrogen) atoms. The number of carbonyl (C=O) groups is 1. The van der Waals surface area contributed by atoms with Gasteiger partial charge in [-0.15, -0.1) is 0 Å². The molecule has 0 radical (unpaired) electrons. The standard InChI is InChI=1S/C23H35N3O3/c1-22(2,3)8-9-24-15-23(16-24)17-25(13-19-14-29-11-10-26(19)23)21(27)18-6-5-7-20(12-18)28-4/h5-7,12,19H,8-11,13-17H2,1-4H3. The maximum atomic E-state index is 13.3. The minimum Gasteiger partial charge on any atom is -0.497 e. The van der Waals surface area contributed by atoms with Gasteiger partial charge in [-0.05, 0) is 36.6 Å². The van der Waals surface area contributed by atoms with Gasteiger partial charge in [-0.2, -0.15) is 0 Å². The number of hydrogen-bond donors (Lipinski definition) is 0. The molecule has 1 aromatic carbocycles. The van der Waals surface area contributed by atoms with Gasteiger partial charge < -0.3 is 14.4 Å². The molecular weight excluding hydrogens is 366 g/mol. The van der Waals surface area contributed by atoms with E-state index in [1.165, 1.54) is 6.42 Å².